The molecule has 3 rings (SSSR count). The largest absolute Gasteiger partial charge is 0.507 e. The van der Waals surface area contributed by atoms with Crippen molar-refractivity contribution in [2.75, 3.05) is 32.8 Å². The van der Waals surface area contributed by atoms with E-state index < -0.39 is 17.7 Å². The van der Waals surface area contributed by atoms with Gasteiger partial charge >= 0.3 is 0 Å². The molecule has 6 nitrogen and oxygen atoms in total. The lowest BCUT2D eigenvalue weighted by molar-refractivity contribution is -0.140. The molecule has 1 saturated heterocycles. The zero-order valence-corrected chi connectivity index (χ0v) is 20.7. The Morgan fingerprint density at radius 3 is 2.41 bits per heavy atom. The molecule has 1 amide bonds. The Hall–Kier alpha value is -3.12. The van der Waals surface area contributed by atoms with Crippen molar-refractivity contribution in [3.05, 3.63) is 70.8 Å². The van der Waals surface area contributed by atoms with E-state index in [1.807, 2.05) is 50.2 Å². The van der Waals surface area contributed by atoms with Crippen LogP contribution in [0.15, 0.2) is 54.1 Å². The number of carbonyl (C=O) groups is 2. The summed E-state index contributed by atoms with van der Waals surface area (Å²) in [7, 11) is 0. The fourth-order valence-electron chi connectivity index (χ4n) is 4.32. The number of aryl methyl sites for hydroxylation is 1. The first kappa shape index (κ1) is 25.5. The van der Waals surface area contributed by atoms with Gasteiger partial charge in [-0.3, -0.25) is 9.59 Å². The van der Waals surface area contributed by atoms with Crippen molar-refractivity contribution in [1.82, 2.24) is 9.80 Å². The van der Waals surface area contributed by atoms with E-state index in [-0.39, 0.29) is 11.3 Å². The first-order valence-corrected chi connectivity index (χ1v) is 12.2. The first-order chi connectivity index (χ1) is 16.4. The van der Waals surface area contributed by atoms with Gasteiger partial charge in [0.05, 0.1) is 18.2 Å². The van der Waals surface area contributed by atoms with Crippen LogP contribution < -0.4 is 4.74 Å². The number of carbonyl (C=O) groups excluding carboxylic acids is 2. The Bertz CT molecular complexity index is 1020. The predicted octanol–water partition coefficient (Wildman–Crippen LogP) is 4.94. The Morgan fingerprint density at radius 2 is 1.76 bits per heavy atom. The molecule has 0 radical (unpaired) electrons. The molecule has 1 atom stereocenters. The summed E-state index contributed by atoms with van der Waals surface area (Å²) in [5.41, 5.74) is 2.45. The summed E-state index contributed by atoms with van der Waals surface area (Å²) in [6, 6.07) is 14.1. The Kier molecular flexibility index (Phi) is 8.88. The smallest absolute Gasteiger partial charge is 0.295 e. The molecule has 182 valence electrons. The number of rotatable bonds is 11. The number of Topliss-reactive ketones (excluding diaryl/α,β-unsaturated/α-hetero) is 1. The van der Waals surface area contributed by atoms with Gasteiger partial charge in [0.1, 0.15) is 11.5 Å². The maximum Gasteiger partial charge on any atom is 0.295 e. The summed E-state index contributed by atoms with van der Waals surface area (Å²) in [6.07, 6.45) is 1.61. The number of aliphatic hydroxyl groups is 1. The zero-order chi connectivity index (χ0) is 24.7. The topological polar surface area (TPSA) is 70.1 Å². The normalized spacial score (nSPS) is 17.6. The molecule has 0 aromatic heterocycles. The van der Waals surface area contributed by atoms with Crippen LogP contribution in [0.25, 0.3) is 5.76 Å². The van der Waals surface area contributed by atoms with Gasteiger partial charge in [0.25, 0.3) is 11.7 Å². The van der Waals surface area contributed by atoms with Gasteiger partial charge in [-0.15, -0.1) is 0 Å². The molecule has 1 N–H and O–H groups in total. The van der Waals surface area contributed by atoms with Crippen molar-refractivity contribution in [2.24, 2.45) is 0 Å². The van der Waals surface area contributed by atoms with E-state index in [0.29, 0.717) is 24.5 Å². The van der Waals surface area contributed by atoms with E-state index >= 15 is 0 Å². The fourth-order valence-corrected chi connectivity index (χ4v) is 4.32. The molecule has 2 aromatic carbocycles. The Labute approximate surface area is 202 Å². The quantitative estimate of drug-likeness (QED) is 0.290. The molecular weight excluding hydrogens is 428 g/mol. The summed E-state index contributed by atoms with van der Waals surface area (Å²) >= 11 is 0. The number of benzene rings is 2. The van der Waals surface area contributed by atoms with Crippen molar-refractivity contribution in [3.63, 3.8) is 0 Å². The molecule has 2 aromatic rings. The van der Waals surface area contributed by atoms with Gasteiger partial charge in [-0.1, -0.05) is 62.7 Å². The summed E-state index contributed by atoms with van der Waals surface area (Å²) in [4.78, 5) is 30.2. The van der Waals surface area contributed by atoms with E-state index in [1.54, 1.807) is 17.0 Å². The van der Waals surface area contributed by atoms with Crippen LogP contribution in [0.4, 0.5) is 0 Å². The molecule has 0 saturated carbocycles. The van der Waals surface area contributed by atoms with Crippen LogP contribution in [-0.4, -0.2) is 59.4 Å². The van der Waals surface area contributed by atoms with Crippen LogP contribution in [0.2, 0.25) is 0 Å². The lowest BCUT2D eigenvalue weighted by Crippen LogP contribution is -2.33. The van der Waals surface area contributed by atoms with Crippen LogP contribution in [-0.2, 0) is 9.59 Å². The van der Waals surface area contributed by atoms with Crippen LogP contribution in [0.5, 0.6) is 5.75 Å². The molecule has 0 spiro atoms. The molecule has 1 aliphatic heterocycles. The van der Waals surface area contributed by atoms with Crippen molar-refractivity contribution < 1.29 is 19.4 Å². The number of amides is 1. The molecule has 1 heterocycles. The van der Waals surface area contributed by atoms with Gasteiger partial charge in [-0.2, -0.15) is 0 Å². The number of hydrogen-bond donors (Lipinski definition) is 1. The number of ketones is 1. The highest BCUT2D eigenvalue weighted by Crippen LogP contribution is 2.40. The minimum atomic E-state index is -0.664. The van der Waals surface area contributed by atoms with Gasteiger partial charge < -0.3 is 19.6 Å². The number of aliphatic hydroxyl groups excluding tert-OH is 1. The minimum Gasteiger partial charge on any atom is -0.507 e. The van der Waals surface area contributed by atoms with E-state index in [0.717, 1.165) is 43.6 Å². The number of nitrogens with zero attached hydrogens (tertiary/aromatic N) is 2. The molecule has 1 aliphatic rings. The predicted molar refractivity (Wildman–Crippen MR) is 135 cm³/mol. The summed E-state index contributed by atoms with van der Waals surface area (Å²) < 4.78 is 5.81. The van der Waals surface area contributed by atoms with Crippen molar-refractivity contribution in [3.8, 4) is 5.75 Å². The summed E-state index contributed by atoms with van der Waals surface area (Å²) in [5, 5.41) is 11.2. The number of likely N-dealkylation sites (tertiary alicyclic amines) is 1. The molecule has 6 heteroatoms. The minimum absolute atomic E-state index is 0.129. The monoisotopic (exact) mass is 464 g/mol. The van der Waals surface area contributed by atoms with Crippen LogP contribution >= 0.6 is 0 Å². The van der Waals surface area contributed by atoms with Gasteiger partial charge in [-0.05, 0) is 57.1 Å². The molecule has 34 heavy (non-hydrogen) atoms. The van der Waals surface area contributed by atoms with Gasteiger partial charge in [0, 0.05) is 12.1 Å². The summed E-state index contributed by atoms with van der Waals surface area (Å²) in [5.74, 6) is -0.679. The van der Waals surface area contributed by atoms with Gasteiger partial charge in [-0.25, -0.2) is 0 Å². The first-order valence-electron chi connectivity index (χ1n) is 12.2. The third kappa shape index (κ3) is 5.68. The van der Waals surface area contributed by atoms with E-state index in [9.17, 15) is 14.7 Å². The molecule has 0 bridgehead atoms. The summed E-state index contributed by atoms with van der Waals surface area (Å²) in [6.45, 7) is 11.9. The third-order valence-electron chi connectivity index (χ3n) is 6.28. The van der Waals surface area contributed by atoms with Gasteiger partial charge in [0.15, 0.2) is 0 Å². The van der Waals surface area contributed by atoms with Crippen LogP contribution in [0.3, 0.4) is 0 Å². The molecule has 0 aliphatic carbocycles. The maximum absolute atomic E-state index is 13.2. The van der Waals surface area contributed by atoms with Crippen molar-refractivity contribution >= 4 is 17.4 Å². The Balaban J connectivity index is 2.03. The van der Waals surface area contributed by atoms with E-state index in [2.05, 4.69) is 18.7 Å². The second-order valence-electron chi connectivity index (χ2n) is 8.66. The average Bonchev–Trinajstić information content (AvgIpc) is 3.10. The maximum atomic E-state index is 13.2. The Morgan fingerprint density at radius 1 is 1.06 bits per heavy atom. The molecular formula is C28H36N2O4. The fraction of sp³-hybridized carbons (Fsp3) is 0.429. The van der Waals surface area contributed by atoms with Crippen molar-refractivity contribution in [1.29, 1.82) is 0 Å². The third-order valence-corrected chi connectivity index (χ3v) is 6.28. The average molecular weight is 465 g/mol. The second kappa shape index (κ2) is 11.8. The highest BCUT2D eigenvalue weighted by Gasteiger charge is 2.45. The number of hydrogen-bond acceptors (Lipinski definition) is 5. The zero-order valence-electron chi connectivity index (χ0n) is 20.7. The number of ether oxygens (including phenoxy) is 1. The van der Waals surface area contributed by atoms with Crippen molar-refractivity contribution in [2.45, 2.75) is 46.6 Å². The lowest BCUT2D eigenvalue weighted by Gasteiger charge is -2.27. The standard InChI is InChI=1S/C28H36N2O4/c1-5-18-34-23-11-8-10-22(19-23)25-24(26(31)21-14-12-20(4)13-15-21)27(32)28(33)30(25)17-9-16-29(6-2)7-3/h8,10-15,19,25,31H,5-7,9,16-18H2,1-4H3. The highest BCUT2D eigenvalue weighted by atomic mass is 16.5. The van der Waals surface area contributed by atoms with Gasteiger partial charge in [0.2, 0.25) is 0 Å². The van der Waals surface area contributed by atoms with Crippen LogP contribution in [0, 0.1) is 6.92 Å². The van der Waals surface area contributed by atoms with E-state index in [1.165, 1.54) is 0 Å². The molecule has 1 fully saturated rings. The highest BCUT2D eigenvalue weighted by molar-refractivity contribution is 6.46. The van der Waals surface area contributed by atoms with Crippen LogP contribution in [0.1, 0.15) is 56.3 Å². The molecule has 1 unspecified atom stereocenters. The second-order valence-corrected chi connectivity index (χ2v) is 8.66. The SMILES string of the molecule is CCCOc1cccc(C2C(=C(O)c3ccc(C)cc3)C(=O)C(=O)N2CCCN(CC)CC)c1. The lowest BCUT2D eigenvalue weighted by atomic mass is 9.95. The van der Waals surface area contributed by atoms with E-state index in [4.69, 9.17) is 4.74 Å².